The first kappa shape index (κ1) is 22.9. The fourth-order valence-corrected chi connectivity index (χ4v) is 3.72. The van der Waals surface area contributed by atoms with Crippen LogP contribution in [0, 0.1) is 12.8 Å². The Morgan fingerprint density at radius 1 is 1.13 bits per heavy atom. The highest BCUT2D eigenvalue weighted by molar-refractivity contribution is 5.77. The molecule has 1 aromatic heterocycles. The lowest BCUT2D eigenvalue weighted by Crippen LogP contribution is -2.28. The van der Waals surface area contributed by atoms with Gasteiger partial charge in [0.25, 0.3) is 0 Å². The van der Waals surface area contributed by atoms with Crippen LogP contribution in [-0.2, 0) is 17.8 Å². The van der Waals surface area contributed by atoms with E-state index >= 15 is 0 Å². The summed E-state index contributed by atoms with van der Waals surface area (Å²) >= 11 is 0. The fraction of sp³-hybridized carbons (Fsp3) is 0.462. The Hall–Kier alpha value is -2.82. The quantitative estimate of drug-likeness (QED) is 0.455. The molecule has 3 aromatic rings. The molecule has 0 aliphatic heterocycles. The Kier molecular flexibility index (Phi) is 7.72. The lowest BCUT2D eigenvalue weighted by atomic mass is 10.0. The summed E-state index contributed by atoms with van der Waals surface area (Å²) in [5.74, 6) is 2.54. The zero-order valence-electron chi connectivity index (χ0n) is 19.4. The number of ether oxygens (including phenoxy) is 1. The number of fused-ring (bicyclic) bond motifs is 1. The number of nitrogens with zero attached hydrogens (tertiary/aromatic N) is 2. The number of hydrogen-bond acceptors (Lipinski definition) is 3. The molecule has 3 rings (SSSR count). The predicted molar refractivity (Wildman–Crippen MR) is 127 cm³/mol. The second kappa shape index (κ2) is 10.5. The second-order valence-electron chi connectivity index (χ2n) is 8.76. The lowest BCUT2D eigenvalue weighted by molar-refractivity contribution is -0.123. The molecule has 1 heterocycles. The highest BCUT2D eigenvalue weighted by Gasteiger charge is 2.13. The summed E-state index contributed by atoms with van der Waals surface area (Å²) in [6, 6.07) is 14.7. The van der Waals surface area contributed by atoms with E-state index < -0.39 is 0 Å². The first-order valence-electron chi connectivity index (χ1n) is 11.3. The van der Waals surface area contributed by atoms with Gasteiger partial charge in [0.1, 0.15) is 18.2 Å². The Morgan fingerprint density at radius 2 is 1.90 bits per heavy atom. The molecule has 0 bridgehead atoms. The molecule has 0 fully saturated rings. The molecule has 0 unspecified atom stereocenters. The van der Waals surface area contributed by atoms with Crippen LogP contribution in [-0.4, -0.2) is 28.6 Å². The van der Waals surface area contributed by atoms with E-state index in [0.717, 1.165) is 42.0 Å². The number of carbonyl (C=O) groups excluding carboxylic acids is 1. The number of para-hydroxylation sites is 2. The molecule has 1 amide bonds. The summed E-state index contributed by atoms with van der Waals surface area (Å²) in [6.45, 7) is 12.3. The number of hydrogen-bond donors (Lipinski definition) is 1. The van der Waals surface area contributed by atoms with Crippen LogP contribution in [0.4, 0.5) is 0 Å². The Labute approximate surface area is 185 Å². The van der Waals surface area contributed by atoms with E-state index in [0.29, 0.717) is 19.1 Å². The van der Waals surface area contributed by atoms with Gasteiger partial charge < -0.3 is 14.6 Å². The van der Waals surface area contributed by atoms with Crippen molar-refractivity contribution in [3.8, 4) is 5.75 Å². The molecular formula is C26H35N3O2. The zero-order chi connectivity index (χ0) is 22.4. The first-order valence-corrected chi connectivity index (χ1v) is 11.3. The second-order valence-corrected chi connectivity index (χ2v) is 8.76. The summed E-state index contributed by atoms with van der Waals surface area (Å²) < 4.78 is 8.49. The van der Waals surface area contributed by atoms with Crippen LogP contribution in [0.2, 0.25) is 0 Å². The maximum Gasteiger partial charge on any atom is 0.222 e. The molecule has 31 heavy (non-hydrogen) atoms. The fourth-order valence-electron chi connectivity index (χ4n) is 3.72. The van der Waals surface area contributed by atoms with Gasteiger partial charge in [-0.05, 0) is 48.6 Å². The Bertz CT molecular complexity index is 1020. The van der Waals surface area contributed by atoms with Gasteiger partial charge in [-0.1, -0.05) is 52.0 Å². The van der Waals surface area contributed by atoms with Gasteiger partial charge in [-0.25, -0.2) is 4.98 Å². The normalized spacial score (nSPS) is 11.5. The average Bonchev–Trinajstić information content (AvgIpc) is 3.08. The Morgan fingerprint density at radius 3 is 2.65 bits per heavy atom. The van der Waals surface area contributed by atoms with Gasteiger partial charge in [-0.15, -0.1) is 0 Å². The van der Waals surface area contributed by atoms with E-state index in [1.165, 1.54) is 11.1 Å². The van der Waals surface area contributed by atoms with Crippen molar-refractivity contribution in [1.82, 2.24) is 14.9 Å². The van der Waals surface area contributed by atoms with Gasteiger partial charge in [0.2, 0.25) is 5.91 Å². The minimum Gasteiger partial charge on any atom is -0.491 e. The van der Waals surface area contributed by atoms with E-state index in [-0.39, 0.29) is 11.8 Å². The Balaban J connectivity index is 1.69. The summed E-state index contributed by atoms with van der Waals surface area (Å²) in [5.41, 5.74) is 4.57. The highest BCUT2D eigenvalue weighted by Crippen LogP contribution is 2.27. The molecule has 0 atom stereocenters. The van der Waals surface area contributed by atoms with Gasteiger partial charge in [-0.3, -0.25) is 4.79 Å². The van der Waals surface area contributed by atoms with Gasteiger partial charge in [-0.2, -0.15) is 0 Å². The molecule has 0 spiro atoms. The SMILES string of the molecule is Cc1ccc(C(C)C)c(OCCn2c(CCCNC(=O)C(C)C)nc3ccccc32)c1. The molecule has 5 heteroatoms. The summed E-state index contributed by atoms with van der Waals surface area (Å²) in [4.78, 5) is 16.6. The largest absolute Gasteiger partial charge is 0.491 e. The predicted octanol–water partition coefficient (Wildman–Crippen LogP) is 5.25. The van der Waals surface area contributed by atoms with Crippen molar-refractivity contribution in [3.63, 3.8) is 0 Å². The van der Waals surface area contributed by atoms with Gasteiger partial charge in [0.15, 0.2) is 0 Å². The van der Waals surface area contributed by atoms with Crippen LogP contribution in [0.1, 0.15) is 57.0 Å². The molecule has 0 aliphatic rings. The smallest absolute Gasteiger partial charge is 0.222 e. The van der Waals surface area contributed by atoms with Crippen molar-refractivity contribution < 1.29 is 9.53 Å². The number of rotatable bonds is 10. The molecule has 0 aliphatic carbocycles. The van der Waals surface area contributed by atoms with Gasteiger partial charge >= 0.3 is 0 Å². The first-order chi connectivity index (χ1) is 14.9. The maximum absolute atomic E-state index is 11.8. The average molecular weight is 422 g/mol. The van der Waals surface area contributed by atoms with Crippen LogP contribution in [0.25, 0.3) is 11.0 Å². The van der Waals surface area contributed by atoms with Crippen LogP contribution < -0.4 is 10.1 Å². The molecular weight excluding hydrogens is 386 g/mol. The van der Waals surface area contributed by atoms with Crippen molar-refractivity contribution in [3.05, 3.63) is 59.4 Å². The van der Waals surface area contributed by atoms with Crippen LogP contribution in [0.5, 0.6) is 5.75 Å². The maximum atomic E-state index is 11.8. The molecule has 1 N–H and O–H groups in total. The van der Waals surface area contributed by atoms with Gasteiger partial charge in [0.05, 0.1) is 17.6 Å². The molecule has 166 valence electrons. The molecule has 0 saturated heterocycles. The standard InChI is InChI=1S/C26H35N3O2/c1-18(2)21-13-12-20(5)17-24(21)31-16-15-29-23-10-7-6-9-22(23)28-25(29)11-8-14-27-26(30)19(3)4/h6-7,9-10,12-13,17-19H,8,11,14-16H2,1-5H3,(H,27,30). The highest BCUT2D eigenvalue weighted by atomic mass is 16.5. The topological polar surface area (TPSA) is 56.1 Å². The van der Waals surface area contributed by atoms with Crippen LogP contribution >= 0.6 is 0 Å². The van der Waals surface area contributed by atoms with Crippen molar-refractivity contribution >= 4 is 16.9 Å². The number of aryl methyl sites for hydroxylation is 2. The number of imidazole rings is 1. The number of nitrogens with one attached hydrogen (secondary N) is 1. The molecule has 5 nitrogen and oxygen atoms in total. The monoisotopic (exact) mass is 421 g/mol. The van der Waals surface area contributed by atoms with E-state index in [4.69, 9.17) is 9.72 Å². The summed E-state index contributed by atoms with van der Waals surface area (Å²) in [6.07, 6.45) is 1.67. The van der Waals surface area contributed by atoms with Crippen molar-refractivity contribution in [2.24, 2.45) is 5.92 Å². The minimum atomic E-state index is 0.0130. The summed E-state index contributed by atoms with van der Waals surface area (Å²) in [5, 5.41) is 2.99. The molecule has 0 radical (unpaired) electrons. The summed E-state index contributed by atoms with van der Waals surface area (Å²) in [7, 11) is 0. The van der Waals surface area contributed by atoms with E-state index in [9.17, 15) is 4.79 Å². The minimum absolute atomic E-state index is 0.0130. The zero-order valence-corrected chi connectivity index (χ0v) is 19.4. The van der Waals surface area contributed by atoms with Crippen molar-refractivity contribution in [2.45, 2.75) is 59.9 Å². The van der Waals surface area contributed by atoms with Gasteiger partial charge in [0, 0.05) is 18.9 Å². The third-order valence-electron chi connectivity index (χ3n) is 5.50. The third-order valence-corrected chi connectivity index (χ3v) is 5.50. The third kappa shape index (κ3) is 5.87. The number of benzene rings is 2. The lowest BCUT2D eigenvalue weighted by Gasteiger charge is -2.16. The van der Waals surface area contributed by atoms with Crippen molar-refractivity contribution in [2.75, 3.05) is 13.2 Å². The van der Waals surface area contributed by atoms with E-state index in [1.54, 1.807) is 0 Å². The van der Waals surface area contributed by atoms with E-state index in [1.807, 2.05) is 32.0 Å². The van der Waals surface area contributed by atoms with Crippen LogP contribution in [0.15, 0.2) is 42.5 Å². The van der Waals surface area contributed by atoms with Crippen LogP contribution in [0.3, 0.4) is 0 Å². The number of aromatic nitrogens is 2. The number of carbonyl (C=O) groups is 1. The van der Waals surface area contributed by atoms with Crippen molar-refractivity contribution in [1.29, 1.82) is 0 Å². The molecule has 0 saturated carbocycles. The molecule has 2 aromatic carbocycles. The van der Waals surface area contributed by atoms with E-state index in [2.05, 4.69) is 54.9 Å². The number of amides is 1.